The summed E-state index contributed by atoms with van der Waals surface area (Å²) in [5, 5.41) is 14.5. The average Bonchev–Trinajstić information content (AvgIpc) is 3.12. The third kappa shape index (κ3) is 5.46. The molecular formula is C25H30N2O5. The maximum absolute atomic E-state index is 12.2. The smallest absolute Gasteiger partial charge is 0.407 e. The maximum Gasteiger partial charge on any atom is 0.407 e. The number of fused-ring (bicyclic) bond motifs is 3. The third-order valence-electron chi connectivity index (χ3n) is 5.99. The van der Waals surface area contributed by atoms with Crippen LogP contribution in [0.25, 0.3) is 11.1 Å². The minimum Gasteiger partial charge on any atom is -0.480 e. The van der Waals surface area contributed by atoms with Crippen LogP contribution in [-0.2, 0) is 14.3 Å². The highest BCUT2D eigenvalue weighted by Crippen LogP contribution is 2.44. The molecule has 7 nitrogen and oxygen atoms in total. The van der Waals surface area contributed by atoms with Crippen molar-refractivity contribution in [3.63, 3.8) is 0 Å². The molecule has 0 spiro atoms. The number of rotatable bonds is 10. The number of carbonyl (C=O) groups excluding carboxylic acids is 2. The van der Waals surface area contributed by atoms with E-state index in [1.165, 1.54) is 11.1 Å². The lowest BCUT2D eigenvalue weighted by Gasteiger charge is -2.20. The molecule has 2 unspecified atom stereocenters. The molecule has 2 aromatic rings. The fourth-order valence-corrected chi connectivity index (χ4v) is 4.02. The van der Waals surface area contributed by atoms with E-state index < -0.39 is 18.1 Å². The van der Waals surface area contributed by atoms with Crippen molar-refractivity contribution >= 4 is 18.0 Å². The van der Waals surface area contributed by atoms with Gasteiger partial charge in [0.15, 0.2) is 0 Å². The SMILES string of the molecule is CCC(C)C(NC(=O)CCCNC(=O)OCC1c2ccccc2-c2ccccc21)C(=O)O. The molecule has 32 heavy (non-hydrogen) atoms. The van der Waals surface area contributed by atoms with Gasteiger partial charge in [0, 0.05) is 18.9 Å². The van der Waals surface area contributed by atoms with Gasteiger partial charge in [-0.1, -0.05) is 68.8 Å². The number of amides is 2. The summed E-state index contributed by atoms with van der Waals surface area (Å²) in [5.41, 5.74) is 4.63. The summed E-state index contributed by atoms with van der Waals surface area (Å²) in [4.78, 5) is 35.5. The van der Waals surface area contributed by atoms with Gasteiger partial charge in [0.25, 0.3) is 0 Å². The molecule has 2 aromatic carbocycles. The van der Waals surface area contributed by atoms with Crippen LogP contribution in [0.2, 0.25) is 0 Å². The van der Waals surface area contributed by atoms with E-state index in [4.69, 9.17) is 4.74 Å². The van der Waals surface area contributed by atoms with E-state index in [2.05, 4.69) is 34.9 Å². The van der Waals surface area contributed by atoms with Gasteiger partial charge in [-0.2, -0.15) is 0 Å². The Hall–Kier alpha value is -3.35. The Balaban J connectivity index is 1.43. The Morgan fingerprint density at radius 2 is 1.62 bits per heavy atom. The molecule has 0 fully saturated rings. The molecule has 3 N–H and O–H groups in total. The molecule has 0 radical (unpaired) electrons. The largest absolute Gasteiger partial charge is 0.480 e. The molecule has 2 atom stereocenters. The average molecular weight is 439 g/mol. The molecule has 0 bridgehead atoms. The highest BCUT2D eigenvalue weighted by Gasteiger charge is 2.29. The molecule has 3 rings (SSSR count). The van der Waals surface area contributed by atoms with Gasteiger partial charge in [-0.25, -0.2) is 9.59 Å². The summed E-state index contributed by atoms with van der Waals surface area (Å²) in [7, 11) is 0. The molecule has 0 aliphatic heterocycles. The lowest BCUT2D eigenvalue weighted by molar-refractivity contribution is -0.143. The number of nitrogens with one attached hydrogen (secondary N) is 2. The number of ether oxygens (including phenoxy) is 1. The molecule has 170 valence electrons. The molecular weight excluding hydrogens is 408 g/mol. The minimum atomic E-state index is -1.04. The Morgan fingerprint density at radius 3 is 2.19 bits per heavy atom. The van der Waals surface area contributed by atoms with Gasteiger partial charge < -0.3 is 20.5 Å². The van der Waals surface area contributed by atoms with Crippen LogP contribution in [0.1, 0.15) is 50.2 Å². The number of carboxylic acids is 1. The predicted octanol–water partition coefficient (Wildman–Crippen LogP) is 3.92. The zero-order valence-corrected chi connectivity index (χ0v) is 18.5. The topological polar surface area (TPSA) is 105 Å². The van der Waals surface area contributed by atoms with E-state index in [1.54, 1.807) is 6.92 Å². The van der Waals surface area contributed by atoms with Crippen molar-refractivity contribution in [2.24, 2.45) is 5.92 Å². The van der Waals surface area contributed by atoms with Crippen molar-refractivity contribution in [2.45, 2.75) is 45.1 Å². The van der Waals surface area contributed by atoms with Crippen LogP contribution < -0.4 is 10.6 Å². The lowest BCUT2D eigenvalue weighted by atomic mass is 9.98. The fourth-order valence-electron chi connectivity index (χ4n) is 4.02. The van der Waals surface area contributed by atoms with E-state index >= 15 is 0 Å². The number of hydrogen-bond acceptors (Lipinski definition) is 4. The second-order valence-electron chi connectivity index (χ2n) is 8.12. The molecule has 0 heterocycles. The van der Waals surface area contributed by atoms with Crippen LogP contribution in [0.4, 0.5) is 4.79 Å². The number of alkyl carbamates (subject to hydrolysis) is 1. The zero-order chi connectivity index (χ0) is 23.1. The maximum atomic E-state index is 12.2. The second kappa shape index (κ2) is 10.8. The zero-order valence-electron chi connectivity index (χ0n) is 18.5. The van der Waals surface area contributed by atoms with E-state index in [0.717, 1.165) is 11.1 Å². The third-order valence-corrected chi connectivity index (χ3v) is 5.99. The molecule has 0 saturated heterocycles. The molecule has 1 aliphatic rings. The Kier molecular flexibility index (Phi) is 7.87. The van der Waals surface area contributed by atoms with Gasteiger partial charge in [-0.05, 0) is 34.6 Å². The summed E-state index contributed by atoms with van der Waals surface area (Å²) in [6.07, 6.45) is 0.642. The number of benzene rings is 2. The second-order valence-corrected chi connectivity index (χ2v) is 8.12. The first-order valence-corrected chi connectivity index (χ1v) is 11.0. The van der Waals surface area contributed by atoms with Crippen molar-refractivity contribution in [3.05, 3.63) is 59.7 Å². The summed E-state index contributed by atoms with van der Waals surface area (Å²) in [5.74, 6) is -1.54. The Bertz CT molecular complexity index is 929. The van der Waals surface area contributed by atoms with E-state index in [-0.39, 0.29) is 37.3 Å². The van der Waals surface area contributed by atoms with Gasteiger partial charge >= 0.3 is 12.1 Å². The summed E-state index contributed by atoms with van der Waals surface area (Å²) < 4.78 is 5.46. The quantitative estimate of drug-likeness (QED) is 0.488. The first-order chi connectivity index (χ1) is 15.4. The van der Waals surface area contributed by atoms with Crippen molar-refractivity contribution in [2.75, 3.05) is 13.2 Å². The number of carboxylic acid groups (broad SMARTS) is 1. The van der Waals surface area contributed by atoms with Gasteiger partial charge in [-0.3, -0.25) is 4.79 Å². The van der Waals surface area contributed by atoms with Gasteiger partial charge in [-0.15, -0.1) is 0 Å². The predicted molar refractivity (Wildman–Crippen MR) is 121 cm³/mol. The Labute approximate surface area is 188 Å². The van der Waals surface area contributed by atoms with Crippen molar-refractivity contribution < 1.29 is 24.2 Å². The van der Waals surface area contributed by atoms with Crippen LogP contribution in [-0.4, -0.2) is 42.3 Å². The van der Waals surface area contributed by atoms with Crippen LogP contribution in [0, 0.1) is 5.92 Å². The summed E-state index contributed by atoms with van der Waals surface area (Å²) in [6.45, 7) is 4.17. The lowest BCUT2D eigenvalue weighted by Crippen LogP contribution is -2.45. The van der Waals surface area contributed by atoms with E-state index in [1.807, 2.05) is 31.2 Å². The van der Waals surface area contributed by atoms with Gasteiger partial charge in [0.2, 0.25) is 5.91 Å². The van der Waals surface area contributed by atoms with E-state index in [0.29, 0.717) is 12.8 Å². The highest BCUT2D eigenvalue weighted by atomic mass is 16.5. The molecule has 0 saturated carbocycles. The van der Waals surface area contributed by atoms with Crippen molar-refractivity contribution in [1.29, 1.82) is 0 Å². The fraction of sp³-hybridized carbons (Fsp3) is 0.400. The van der Waals surface area contributed by atoms with Gasteiger partial charge in [0.1, 0.15) is 12.6 Å². The first-order valence-electron chi connectivity index (χ1n) is 11.0. The monoisotopic (exact) mass is 438 g/mol. The molecule has 0 aromatic heterocycles. The minimum absolute atomic E-state index is 0.00700. The normalized spacial score (nSPS) is 14.1. The van der Waals surface area contributed by atoms with Crippen LogP contribution in [0.15, 0.2) is 48.5 Å². The van der Waals surface area contributed by atoms with Crippen LogP contribution >= 0.6 is 0 Å². The molecule has 1 aliphatic carbocycles. The standard InChI is InChI=1S/C25H30N2O5/c1-3-16(2)23(24(29)30)27-22(28)13-8-14-26-25(31)32-15-21-19-11-6-4-9-17(19)18-10-5-7-12-20(18)21/h4-7,9-12,16,21,23H,3,8,13-15H2,1-2H3,(H,26,31)(H,27,28)(H,29,30). The number of carbonyl (C=O) groups is 3. The summed E-state index contributed by atoms with van der Waals surface area (Å²) >= 11 is 0. The number of hydrogen-bond donors (Lipinski definition) is 3. The van der Waals surface area contributed by atoms with Gasteiger partial charge in [0.05, 0.1) is 0 Å². The van der Waals surface area contributed by atoms with Crippen molar-refractivity contribution in [3.8, 4) is 11.1 Å². The van der Waals surface area contributed by atoms with Crippen molar-refractivity contribution in [1.82, 2.24) is 10.6 Å². The highest BCUT2D eigenvalue weighted by molar-refractivity contribution is 5.83. The first kappa shape index (κ1) is 23.3. The van der Waals surface area contributed by atoms with Crippen LogP contribution in [0.3, 0.4) is 0 Å². The Morgan fingerprint density at radius 1 is 1.03 bits per heavy atom. The van der Waals surface area contributed by atoms with Crippen LogP contribution in [0.5, 0.6) is 0 Å². The molecule has 7 heteroatoms. The molecule has 2 amide bonds. The van der Waals surface area contributed by atoms with E-state index in [9.17, 15) is 19.5 Å². The number of aliphatic carboxylic acids is 1. The summed E-state index contributed by atoms with van der Waals surface area (Å²) in [6, 6.07) is 15.4.